The number of benzene rings is 1. The molecule has 1 heterocycles. The molecule has 1 aromatic carbocycles. The normalized spacial score (nSPS) is 11.4. The highest BCUT2D eigenvalue weighted by atomic mass is 32.2. The Morgan fingerprint density at radius 3 is 2.54 bits per heavy atom. The third-order valence-electron chi connectivity index (χ3n) is 3.20. The number of carbonyl (C=O) groups is 1. The Morgan fingerprint density at radius 2 is 1.96 bits per heavy atom. The van der Waals surface area contributed by atoms with E-state index in [0.29, 0.717) is 4.88 Å². The summed E-state index contributed by atoms with van der Waals surface area (Å²) in [6, 6.07) is 9.22. The first-order valence-corrected chi connectivity index (χ1v) is 8.84. The molecule has 0 saturated carbocycles. The Morgan fingerprint density at radius 1 is 1.29 bits per heavy atom. The first kappa shape index (κ1) is 18.7. The van der Waals surface area contributed by atoms with Gasteiger partial charge in [0.1, 0.15) is 5.75 Å². The van der Waals surface area contributed by atoms with Gasteiger partial charge in [-0.1, -0.05) is 12.1 Å². The summed E-state index contributed by atoms with van der Waals surface area (Å²) in [5.74, 6) is 0.183. The highest BCUT2D eigenvalue weighted by molar-refractivity contribution is 8.00. The lowest BCUT2D eigenvalue weighted by atomic mass is 10.1. The number of rotatable bonds is 6. The number of methoxy groups -OCH3 is 1. The SMILES string of the molecule is COc1ccc(-c2cc(C(=O)NCCSC(F)(F)F)sc2C)cc1. The van der Waals surface area contributed by atoms with E-state index in [-0.39, 0.29) is 30.0 Å². The van der Waals surface area contributed by atoms with Gasteiger partial charge in [-0.05, 0) is 48.0 Å². The van der Waals surface area contributed by atoms with E-state index >= 15 is 0 Å². The molecule has 0 atom stereocenters. The van der Waals surface area contributed by atoms with E-state index < -0.39 is 5.51 Å². The average Bonchev–Trinajstić information content (AvgIpc) is 2.92. The summed E-state index contributed by atoms with van der Waals surface area (Å²) in [7, 11) is 1.59. The Labute approximate surface area is 146 Å². The molecule has 0 unspecified atom stereocenters. The summed E-state index contributed by atoms with van der Waals surface area (Å²) in [6.07, 6.45) is 0. The van der Waals surface area contributed by atoms with Crippen LogP contribution in [0.15, 0.2) is 30.3 Å². The Bertz CT molecular complexity index is 696. The largest absolute Gasteiger partial charge is 0.497 e. The van der Waals surface area contributed by atoms with Gasteiger partial charge in [-0.15, -0.1) is 11.3 Å². The van der Waals surface area contributed by atoms with Gasteiger partial charge in [0.15, 0.2) is 0 Å². The summed E-state index contributed by atoms with van der Waals surface area (Å²) >= 11 is 1.17. The van der Waals surface area contributed by atoms with E-state index in [0.717, 1.165) is 21.8 Å². The molecule has 2 rings (SSSR count). The molecule has 8 heteroatoms. The van der Waals surface area contributed by atoms with Gasteiger partial charge >= 0.3 is 5.51 Å². The van der Waals surface area contributed by atoms with Crippen molar-refractivity contribution in [2.45, 2.75) is 12.4 Å². The minimum atomic E-state index is -4.27. The van der Waals surface area contributed by atoms with Crippen LogP contribution < -0.4 is 10.1 Å². The Kier molecular flexibility index (Phi) is 6.17. The second-order valence-corrected chi connectivity index (χ2v) is 7.28. The monoisotopic (exact) mass is 375 g/mol. The average molecular weight is 375 g/mol. The van der Waals surface area contributed by atoms with Gasteiger partial charge in [0.05, 0.1) is 12.0 Å². The summed E-state index contributed by atoms with van der Waals surface area (Å²) < 4.78 is 41.2. The first-order chi connectivity index (χ1) is 11.3. The fraction of sp³-hybridized carbons (Fsp3) is 0.312. The molecule has 0 aliphatic rings. The quantitative estimate of drug-likeness (QED) is 0.743. The van der Waals surface area contributed by atoms with E-state index in [4.69, 9.17) is 4.74 Å². The van der Waals surface area contributed by atoms with Crippen molar-refractivity contribution in [3.05, 3.63) is 40.1 Å². The molecule has 2 aromatic rings. The molecule has 0 aliphatic heterocycles. The van der Waals surface area contributed by atoms with Gasteiger partial charge in [-0.3, -0.25) is 4.79 Å². The van der Waals surface area contributed by atoms with Crippen molar-refractivity contribution in [3.63, 3.8) is 0 Å². The molecule has 0 fully saturated rings. The molecule has 1 amide bonds. The van der Waals surface area contributed by atoms with Crippen LogP contribution in [0.5, 0.6) is 5.75 Å². The van der Waals surface area contributed by atoms with Gasteiger partial charge in [0.2, 0.25) is 0 Å². The number of alkyl halides is 3. The smallest absolute Gasteiger partial charge is 0.441 e. The van der Waals surface area contributed by atoms with Crippen molar-refractivity contribution in [2.24, 2.45) is 0 Å². The minimum absolute atomic E-state index is 0.0299. The van der Waals surface area contributed by atoms with Crippen molar-refractivity contribution in [2.75, 3.05) is 19.4 Å². The number of nitrogens with one attached hydrogen (secondary N) is 1. The molecule has 24 heavy (non-hydrogen) atoms. The third kappa shape index (κ3) is 5.17. The lowest BCUT2D eigenvalue weighted by Crippen LogP contribution is -2.25. The molecule has 1 N–H and O–H groups in total. The predicted molar refractivity (Wildman–Crippen MR) is 91.9 cm³/mol. The number of thioether (sulfide) groups is 1. The molecule has 1 aromatic heterocycles. The standard InChI is InChI=1S/C16H16F3NO2S2/c1-10-13(11-3-5-12(22-2)6-4-11)9-14(24-10)15(21)20-7-8-23-16(17,18)19/h3-6,9H,7-8H2,1-2H3,(H,20,21). The fourth-order valence-corrected chi connectivity index (χ4v) is 3.46. The summed E-state index contributed by atoms with van der Waals surface area (Å²) in [4.78, 5) is 13.5. The Balaban J connectivity index is 2.00. The number of aryl methyl sites for hydroxylation is 1. The van der Waals surface area contributed by atoms with Gasteiger partial charge in [0.25, 0.3) is 5.91 Å². The second-order valence-electron chi connectivity index (χ2n) is 4.86. The summed E-state index contributed by atoms with van der Waals surface area (Å²) in [6.45, 7) is 1.87. The maximum atomic E-state index is 12.1. The van der Waals surface area contributed by atoms with Crippen LogP contribution >= 0.6 is 23.1 Å². The number of halogens is 3. The van der Waals surface area contributed by atoms with E-state index in [9.17, 15) is 18.0 Å². The number of thiophene rings is 1. The molecule has 0 aliphatic carbocycles. The molecule has 0 bridgehead atoms. The number of hydrogen-bond donors (Lipinski definition) is 1. The van der Waals surface area contributed by atoms with Crippen LogP contribution in [0.3, 0.4) is 0 Å². The zero-order chi connectivity index (χ0) is 17.7. The number of carbonyl (C=O) groups excluding carboxylic acids is 1. The molecule has 3 nitrogen and oxygen atoms in total. The number of ether oxygens (including phenoxy) is 1. The summed E-state index contributed by atoms with van der Waals surface area (Å²) in [5, 5.41) is 2.51. The molecular formula is C16H16F3NO2S2. The minimum Gasteiger partial charge on any atom is -0.497 e. The van der Waals surface area contributed by atoms with E-state index in [2.05, 4.69) is 5.32 Å². The van der Waals surface area contributed by atoms with Crippen molar-refractivity contribution in [1.29, 1.82) is 0 Å². The first-order valence-electron chi connectivity index (χ1n) is 7.04. The maximum Gasteiger partial charge on any atom is 0.441 e. The van der Waals surface area contributed by atoms with Crippen LogP contribution in [0.2, 0.25) is 0 Å². The second kappa shape index (κ2) is 7.94. The van der Waals surface area contributed by atoms with Gasteiger partial charge < -0.3 is 10.1 Å². The molecular weight excluding hydrogens is 359 g/mol. The zero-order valence-corrected chi connectivity index (χ0v) is 14.7. The van der Waals surface area contributed by atoms with Gasteiger partial charge in [0, 0.05) is 17.2 Å². The van der Waals surface area contributed by atoms with Crippen molar-refractivity contribution < 1.29 is 22.7 Å². The maximum absolute atomic E-state index is 12.1. The molecule has 0 radical (unpaired) electrons. The van der Waals surface area contributed by atoms with Crippen molar-refractivity contribution in [3.8, 4) is 16.9 Å². The highest BCUT2D eigenvalue weighted by Gasteiger charge is 2.27. The highest BCUT2D eigenvalue weighted by Crippen LogP contribution is 2.32. The molecule has 0 spiro atoms. The fourth-order valence-electron chi connectivity index (χ4n) is 2.07. The number of amides is 1. The van der Waals surface area contributed by atoms with Crippen LogP contribution in [-0.2, 0) is 0 Å². The van der Waals surface area contributed by atoms with E-state index in [1.807, 2.05) is 31.2 Å². The lowest BCUT2D eigenvalue weighted by molar-refractivity contribution is -0.0327. The van der Waals surface area contributed by atoms with Crippen LogP contribution in [0.1, 0.15) is 14.5 Å². The molecule has 130 valence electrons. The van der Waals surface area contributed by atoms with E-state index in [1.54, 1.807) is 13.2 Å². The van der Waals surface area contributed by atoms with Crippen molar-refractivity contribution in [1.82, 2.24) is 5.32 Å². The zero-order valence-electron chi connectivity index (χ0n) is 13.1. The van der Waals surface area contributed by atoms with Crippen LogP contribution in [-0.4, -0.2) is 30.8 Å². The third-order valence-corrected chi connectivity index (χ3v) is 4.98. The van der Waals surface area contributed by atoms with Gasteiger partial charge in [-0.25, -0.2) is 0 Å². The van der Waals surface area contributed by atoms with E-state index in [1.165, 1.54) is 11.3 Å². The predicted octanol–water partition coefficient (Wildman–Crippen LogP) is 4.71. The Hall–Kier alpha value is -1.67. The number of hydrogen-bond acceptors (Lipinski definition) is 4. The topological polar surface area (TPSA) is 38.3 Å². The van der Waals surface area contributed by atoms with Gasteiger partial charge in [-0.2, -0.15) is 13.2 Å². The lowest BCUT2D eigenvalue weighted by Gasteiger charge is -2.06. The van der Waals surface area contributed by atoms with Crippen molar-refractivity contribution >= 4 is 29.0 Å². The summed E-state index contributed by atoms with van der Waals surface area (Å²) in [5.41, 5.74) is -2.39. The van der Waals surface area contributed by atoms with Crippen LogP contribution in [0.25, 0.3) is 11.1 Å². The van der Waals surface area contributed by atoms with Crippen LogP contribution in [0, 0.1) is 6.92 Å². The molecule has 0 saturated heterocycles. The van der Waals surface area contributed by atoms with Crippen LogP contribution in [0.4, 0.5) is 13.2 Å².